The molecule has 5 rings (SSSR count). The number of hydrogen-bond donors (Lipinski definition) is 3. The Morgan fingerprint density at radius 2 is 1.61 bits per heavy atom. The number of aromatic hydroxyl groups is 1. The van der Waals surface area contributed by atoms with Gasteiger partial charge in [0.2, 0.25) is 0 Å². The van der Waals surface area contributed by atoms with Gasteiger partial charge in [-0.2, -0.15) is 0 Å². The van der Waals surface area contributed by atoms with Crippen molar-refractivity contribution in [1.82, 2.24) is 0 Å². The van der Waals surface area contributed by atoms with Crippen molar-refractivity contribution < 1.29 is 39.1 Å². The number of aliphatic hydroxyl groups excluding tert-OH is 2. The average Bonchev–Trinajstić information content (AvgIpc) is 2.85. The number of hydrogen-bond acceptors (Lipinski definition) is 8. The topological polar surface area (TPSA) is 115 Å². The van der Waals surface area contributed by atoms with Crippen LogP contribution in [0.4, 0.5) is 0 Å². The molecule has 3 aromatic carbocycles. The number of rotatable bonds is 4. The fourth-order valence-corrected chi connectivity index (χ4v) is 4.14. The molecule has 0 fully saturated rings. The zero-order valence-electron chi connectivity index (χ0n) is 17.7. The summed E-state index contributed by atoms with van der Waals surface area (Å²) >= 11 is 0. The van der Waals surface area contributed by atoms with Crippen LogP contribution in [0.5, 0.6) is 28.7 Å². The molecule has 8 nitrogen and oxygen atoms in total. The molecule has 0 aromatic heterocycles. The number of carbonyl (C=O) groups excluding carboxylic acids is 1. The Kier molecular flexibility index (Phi) is 5.32. The van der Waals surface area contributed by atoms with Gasteiger partial charge in [0.1, 0.15) is 5.75 Å². The van der Waals surface area contributed by atoms with Crippen molar-refractivity contribution in [1.29, 1.82) is 0 Å². The Morgan fingerprint density at radius 3 is 2.39 bits per heavy atom. The zero-order valence-corrected chi connectivity index (χ0v) is 17.7. The molecule has 170 valence electrons. The lowest BCUT2D eigenvalue weighted by Crippen LogP contribution is -2.37. The first-order valence-electron chi connectivity index (χ1n) is 10.4. The number of ether oxygens (including phenoxy) is 4. The largest absolute Gasteiger partial charge is 0.504 e. The van der Waals surface area contributed by atoms with E-state index in [0.29, 0.717) is 33.9 Å². The van der Waals surface area contributed by atoms with Crippen molar-refractivity contribution >= 4 is 5.78 Å². The molecule has 0 saturated heterocycles. The lowest BCUT2D eigenvalue weighted by Gasteiger charge is -2.35. The van der Waals surface area contributed by atoms with E-state index in [-0.39, 0.29) is 18.1 Å². The molecule has 2 aliphatic heterocycles. The van der Waals surface area contributed by atoms with E-state index < -0.39 is 30.2 Å². The number of carbonyl (C=O) groups is 1. The quantitative estimate of drug-likeness (QED) is 0.556. The molecule has 0 spiro atoms. The smallest absolute Gasteiger partial charge is 0.199 e. The van der Waals surface area contributed by atoms with Gasteiger partial charge in [0.05, 0.1) is 19.3 Å². The van der Waals surface area contributed by atoms with Gasteiger partial charge in [-0.3, -0.25) is 4.79 Å². The molecule has 0 radical (unpaired) electrons. The maximum atomic E-state index is 12.6. The van der Waals surface area contributed by atoms with Crippen LogP contribution in [0, 0.1) is 0 Å². The summed E-state index contributed by atoms with van der Waals surface area (Å²) in [4.78, 5) is 12.6. The maximum Gasteiger partial charge on any atom is 0.199 e. The van der Waals surface area contributed by atoms with E-state index in [9.17, 15) is 20.1 Å². The fraction of sp³-hybridized carbons (Fsp3) is 0.240. The summed E-state index contributed by atoms with van der Waals surface area (Å²) < 4.78 is 23.2. The molecule has 3 N–H and O–H groups in total. The number of phenols is 1. The molecule has 0 saturated carbocycles. The van der Waals surface area contributed by atoms with Crippen LogP contribution in [-0.2, 0) is 0 Å². The zero-order chi connectivity index (χ0) is 23.1. The number of benzene rings is 3. The van der Waals surface area contributed by atoms with E-state index in [0.717, 1.165) is 0 Å². The Hall–Kier alpha value is -3.75. The third-order valence-electron chi connectivity index (χ3n) is 5.84. The highest BCUT2D eigenvalue weighted by Crippen LogP contribution is 2.44. The third-order valence-corrected chi connectivity index (χ3v) is 5.84. The van der Waals surface area contributed by atoms with Crippen molar-refractivity contribution in [3.63, 3.8) is 0 Å². The first kappa shape index (κ1) is 21.1. The van der Waals surface area contributed by atoms with Crippen LogP contribution in [0.3, 0.4) is 0 Å². The number of fused-ring (bicyclic) bond motifs is 2. The minimum Gasteiger partial charge on any atom is -0.504 e. The summed E-state index contributed by atoms with van der Waals surface area (Å²) in [6.07, 6.45) is -3.66. The van der Waals surface area contributed by atoms with Crippen LogP contribution < -0.4 is 18.9 Å². The van der Waals surface area contributed by atoms with Gasteiger partial charge in [-0.25, -0.2) is 0 Å². The molecular weight excluding hydrogens is 428 g/mol. The summed E-state index contributed by atoms with van der Waals surface area (Å²) in [5.41, 5.74) is 1.53. The standard InChI is InChI=1S/C25H22O8/c1-30-19-10-13(6-8-16(19)27)24-21(12-26)31-20-11-14(7-9-18(20)33-24)25-23(29)22(28)15-4-2-3-5-17(15)32-25/h2-11,21,23-27,29H,12H2,1H3. The van der Waals surface area contributed by atoms with Crippen LogP contribution in [0.2, 0.25) is 0 Å². The lowest BCUT2D eigenvalue weighted by molar-refractivity contribution is -0.0130. The van der Waals surface area contributed by atoms with Crippen LogP contribution in [0.25, 0.3) is 0 Å². The normalized spacial score (nSPS) is 23.4. The highest BCUT2D eigenvalue weighted by Gasteiger charge is 2.38. The molecule has 0 amide bonds. The van der Waals surface area contributed by atoms with Crippen molar-refractivity contribution in [2.24, 2.45) is 0 Å². The summed E-state index contributed by atoms with van der Waals surface area (Å²) in [5, 5.41) is 30.4. The second kappa shape index (κ2) is 8.31. The second-order valence-electron chi connectivity index (χ2n) is 7.86. The predicted molar refractivity (Wildman–Crippen MR) is 116 cm³/mol. The number of aliphatic hydroxyl groups is 2. The lowest BCUT2D eigenvalue weighted by atomic mass is 9.93. The summed E-state index contributed by atoms with van der Waals surface area (Å²) in [5.74, 6) is 1.05. The Balaban J connectivity index is 1.45. The van der Waals surface area contributed by atoms with E-state index in [2.05, 4.69) is 0 Å². The van der Waals surface area contributed by atoms with E-state index in [1.165, 1.54) is 13.2 Å². The molecule has 2 aliphatic rings. The van der Waals surface area contributed by atoms with E-state index in [4.69, 9.17) is 18.9 Å². The number of phenolic OH excluding ortho intramolecular Hbond substituents is 1. The molecule has 4 atom stereocenters. The average molecular weight is 450 g/mol. The first-order valence-corrected chi connectivity index (χ1v) is 10.4. The summed E-state index contributed by atoms with van der Waals surface area (Å²) in [6, 6.07) is 16.6. The van der Waals surface area contributed by atoms with E-state index in [1.54, 1.807) is 54.6 Å². The molecule has 33 heavy (non-hydrogen) atoms. The number of para-hydroxylation sites is 1. The summed E-state index contributed by atoms with van der Waals surface area (Å²) in [6.45, 7) is -0.327. The molecule has 2 heterocycles. The first-order chi connectivity index (χ1) is 16.0. The van der Waals surface area contributed by atoms with Gasteiger partial charge in [0, 0.05) is 5.56 Å². The van der Waals surface area contributed by atoms with Crippen LogP contribution in [0.15, 0.2) is 60.7 Å². The van der Waals surface area contributed by atoms with Crippen molar-refractivity contribution in [3.8, 4) is 28.7 Å². The van der Waals surface area contributed by atoms with E-state index >= 15 is 0 Å². The minimum absolute atomic E-state index is 0.00858. The fourth-order valence-electron chi connectivity index (χ4n) is 4.14. The van der Waals surface area contributed by atoms with Crippen LogP contribution in [0.1, 0.15) is 33.7 Å². The summed E-state index contributed by atoms with van der Waals surface area (Å²) in [7, 11) is 1.45. The van der Waals surface area contributed by atoms with Crippen molar-refractivity contribution in [2.75, 3.05) is 13.7 Å². The highest BCUT2D eigenvalue weighted by molar-refractivity contribution is 6.03. The van der Waals surface area contributed by atoms with Gasteiger partial charge in [-0.15, -0.1) is 0 Å². The molecular formula is C25H22O8. The van der Waals surface area contributed by atoms with Gasteiger partial charge < -0.3 is 34.3 Å². The van der Waals surface area contributed by atoms with E-state index in [1.807, 2.05) is 0 Å². The minimum atomic E-state index is -1.37. The molecule has 0 aliphatic carbocycles. The monoisotopic (exact) mass is 450 g/mol. The van der Waals surface area contributed by atoms with Gasteiger partial charge in [-0.05, 0) is 42.0 Å². The van der Waals surface area contributed by atoms with Gasteiger partial charge in [0.15, 0.2) is 53.2 Å². The second-order valence-corrected chi connectivity index (χ2v) is 7.86. The molecule has 8 heteroatoms. The van der Waals surface area contributed by atoms with Crippen molar-refractivity contribution in [2.45, 2.75) is 24.4 Å². The number of methoxy groups -OCH3 is 1. The molecule has 4 unspecified atom stereocenters. The van der Waals surface area contributed by atoms with Gasteiger partial charge in [0.25, 0.3) is 0 Å². The van der Waals surface area contributed by atoms with Gasteiger partial charge >= 0.3 is 0 Å². The Bertz CT molecular complexity index is 1210. The molecule has 0 bridgehead atoms. The van der Waals surface area contributed by atoms with Gasteiger partial charge in [-0.1, -0.05) is 24.3 Å². The Morgan fingerprint density at radius 1 is 0.879 bits per heavy atom. The maximum absolute atomic E-state index is 12.6. The highest BCUT2D eigenvalue weighted by atomic mass is 16.6. The van der Waals surface area contributed by atoms with Crippen molar-refractivity contribution in [3.05, 3.63) is 77.4 Å². The molecule has 3 aromatic rings. The predicted octanol–water partition coefficient (Wildman–Crippen LogP) is 2.95. The van der Waals surface area contributed by atoms with Crippen LogP contribution in [-0.4, -0.2) is 47.0 Å². The third kappa shape index (κ3) is 3.63. The SMILES string of the molecule is COc1cc(C2Oc3ccc(C4Oc5ccccc5C(=O)C4O)cc3OC2CO)ccc1O. The Labute approximate surface area is 189 Å². The number of ketones is 1. The van der Waals surface area contributed by atoms with Crippen LogP contribution >= 0.6 is 0 Å². The number of Topliss-reactive ketones (excluding diaryl/α,β-unsaturated/α-hetero) is 1.